The lowest BCUT2D eigenvalue weighted by Gasteiger charge is -2.18. The molecule has 0 fully saturated rings. The molecule has 0 radical (unpaired) electrons. The van der Waals surface area contributed by atoms with Crippen LogP contribution in [0.4, 0.5) is 0 Å². The number of benzene rings is 1. The number of rotatable bonds is 5. The summed E-state index contributed by atoms with van der Waals surface area (Å²) in [7, 11) is 1.87. The highest BCUT2D eigenvalue weighted by Crippen LogP contribution is 2.39. The molecule has 27 heavy (non-hydrogen) atoms. The first-order chi connectivity index (χ1) is 13.1. The number of aromatic nitrogens is 2. The normalized spacial score (nSPS) is 13.6. The molecule has 3 aromatic rings. The largest absolute Gasteiger partial charge is 0.341 e. The minimum atomic E-state index is 0.124. The highest BCUT2D eigenvalue weighted by Gasteiger charge is 2.21. The van der Waals surface area contributed by atoms with E-state index in [9.17, 15) is 4.79 Å². The van der Waals surface area contributed by atoms with Crippen molar-refractivity contribution in [1.29, 1.82) is 0 Å². The molecule has 1 amide bonds. The fourth-order valence-corrected chi connectivity index (χ4v) is 5.80. The van der Waals surface area contributed by atoms with Crippen molar-refractivity contribution in [3.63, 3.8) is 0 Å². The predicted molar refractivity (Wildman–Crippen MR) is 112 cm³/mol. The van der Waals surface area contributed by atoms with Gasteiger partial charge in [-0.15, -0.1) is 11.3 Å². The van der Waals surface area contributed by atoms with Crippen LogP contribution in [0.1, 0.15) is 34.4 Å². The maximum Gasteiger partial charge on any atom is 0.233 e. The summed E-state index contributed by atoms with van der Waals surface area (Å²) in [6, 6.07) is 8.21. The number of amides is 1. The molecule has 0 saturated heterocycles. The van der Waals surface area contributed by atoms with Crippen molar-refractivity contribution in [2.45, 2.75) is 44.2 Å². The second-order valence-corrected chi connectivity index (χ2v) is 9.08. The van der Waals surface area contributed by atoms with Gasteiger partial charge in [0.25, 0.3) is 0 Å². The van der Waals surface area contributed by atoms with Crippen molar-refractivity contribution < 1.29 is 4.79 Å². The first kappa shape index (κ1) is 18.4. The quantitative estimate of drug-likeness (QED) is 0.465. The van der Waals surface area contributed by atoms with Crippen LogP contribution in [0.2, 0.25) is 0 Å². The summed E-state index contributed by atoms with van der Waals surface area (Å²) in [6.45, 7) is 2.72. The van der Waals surface area contributed by atoms with E-state index in [1.807, 2.05) is 19.2 Å². The number of thioether (sulfide) groups is 1. The van der Waals surface area contributed by atoms with E-state index in [0.717, 1.165) is 22.7 Å². The molecular formula is C21H23N3OS2. The van der Waals surface area contributed by atoms with E-state index in [2.05, 4.69) is 29.0 Å². The Morgan fingerprint density at radius 1 is 1.22 bits per heavy atom. The average Bonchev–Trinajstić information content (AvgIpc) is 3.07. The van der Waals surface area contributed by atoms with Crippen LogP contribution in [-0.2, 0) is 24.2 Å². The number of aryl methyl sites for hydroxylation is 3. The molecule has 0 spiro atoms. The molecule has 4 nitrogen and oxygen atoms in total. The molecule has 1 aliphatic rings. The minimum absolute atomic E-state index is 0.124. The molecule has 1 aliphatic carbocycles. The van der Waals surface area contributed by atoms with Gasteiger partial charge in [-0.05, 0) is 49.3 Å². The zero-order valence-corrected chi connectivity index (χ0v) is 17.3. The zero-order chi connectivity index (χ0) is 18.8. The first-order valence-electron chi connectivity index (χ1n) is 9.30. The summed E-state index contributed by atoms with van der Waals surface area (Å²) in [6.07, 6.45) is 6.39. The van der Waals surface area contributed by atoms with Crippen LogP contribution in [0.3, 0.4) is 0 Å². The number of nitrogens with zero attached hydrogens (tertiary/aromatic N) is 3. The number of hydrogen-bond acceptors (Lipinski definition) is 5. The fraction of sp³-hybridized carbons (Fsp3) is 0.381. The summed E-state index contributed by atoms with van der Waals surface area (Å²) in [5.74, 6) is 0.526. The van der Waals surface area contributed by atoms with Crippen LogP contribution in [-0.4, -0.2) is 33.6 Å². The Labute approximate surface area is 168 Å². The fourth-order valence-electron chi connectivity index (χ4n) is 3.54. The van der Waals surface area contributed by atoms with Crippen LogP contribution in [0, 0.1) is 6.92 Å². The molecular weight excluding hydrogens is 374 g/mol. The first-order valence-corrected chi connectivity index (χ1v) is 11.1. The number of fused-ring (bicyclic) bond motifs is 3. The Morgan fingerprint density at radius 2 is 2.04 bits per heavy atom. The van der Waals surface area contributed by atoms with Crippen molar-refractivity contribution in [1.82, 2.24) is 14.9 Å². The van der Waals surface area contributed by atoms with Crippen molar-refractivity contribution >= 4 is 39.2 Å². The zero-order valence-electron chi connectivity index (χ0n) is 15.7. The molecule has 6 heteroatoms. The average molecular weight is 398 g/mol. The Bertz CT molecular complexity index is 983. The number of hydrogen-bond donors (Lipinski definition) is 0. The van der Waals surface area contributed by atoms with E-state index < -0.39 is 0 Å². The Kier molecular flexibility index (Phi) is 5.45. The van der Waals surface area contributed by atoms with Gasteiger partial charge in [-0.1, -0.05) is 36.0 Å². The number of thiophene rings is 1. The maximum absolute atomic E-state index is 12.7. The lowest BCUT2D eigenvalue weighted by atomic mass is 9.97. The molecule has 0 atom stereocenters. The van der Waals surface area contributed by atoms with Crippen LogP contribution in [0.15, 0.2) is 35.6 Å². The van der Waals surface area contributed by atoms with E-state index in [0.29, 0.717) is 12.3 Å². The topological polar surface area (TPSA) is 46.1 Å². The van der Waals surface area contributed by atoms with Gasteiger partial charge in [0.15, 0.2) is 0 Å². The number of carbonyl (C=O) groups excluding carboxylic acids is 1. The molecule has 2 aromatic heterocycles. The van der Waals surface area contributed by atoms with Crippen LogP contribution in [0.25, 0.3) is 10.2 Å². The lowest BCUT2D eigenvalue weighted by molar-refractivity contribution is -0.127. The summed E-state index contributed by atoms with van der Waals surface area (Å²) in [4.78, 5) is 26.0. The third-order valence-electron chi connectivity index (χ3n) is 5.14. The molecule has 0 bridgehead atoms. The highest BCUT2D eigenvalue weighted by molar-refractivity contribution is 8.00. The molecule has 2 heterocycles. The van der Waals surface area contributed by atoms with E-state index in [1.54, 1.807) is 34.3 Å². The van der Waals surface area contributed by atoms with Crippen molar-refractivity contribution in [2.75, 3.05) is 12.8 Å². The van der Waals surface area contributed by atoms with Gasteiger partial charge in [-0.3, -0.25) is 4.79 Å². The van der Waals surface area contributed by atoms with E-state index >= 15 is 0 Å². The third kappa shape index (κ3) is 3.87. The van der Waals surface area contributed by atoms with Gasteiger partial charge in [-0.25, -0.2) is 9.97 Å². The second-order valence-electron chi connectivity index (χ2n) is 7.03. The Morgan fingerprint density at radius 3 is 2.89 bits per heavy atom. The van der Waals surface area contributed by atoms with Gasteiger partial charge >= 0.3 is 0 Å². The van der Waals surface area contributed by atoms with E-state index in [4.69, 9.17) is 0 Å². The van der Waals surface area contributed by atoms with Crippen LogP contribution >= 0.6 is 23.1 Å². The molecule has 4 rings (SSSR count). The van der Waals surface area contributed by atoms with Gasteiger partial charge < -0.3 is 4.90 Å². The van der Waals surface area contributed by atoms with Crippen LogP contribution < -0.4 is 0 Å². The van der Waals surface area contributed by atoms with Crippen molar-refractivity contribution in [3.8, 4) is 0 Å². The molecule has 0 unspecified atom stereocenters. The predicted octanol–water partition coefficient (Wildman–Crippen LogP) is 4.63. The molecule has 140 valence electrons. The Balaban J connectivity index is 1.47. The van der Waals surface area contributed by atoms with Gasteiger partial charge in [0.1, 0.15) is 16.2 Å². The summed E-state index contributed by atoms with van der Waals surface area (Å²) >= 11 is 3.34. The van der Waals surface area contributed by atoms with Gasteiger partial charge in [0.05, 0.1) is 5.75 Å². The molecule has 0 saturated carbocycles. The highest BCUT2D eigenvalue weighted by atomic mass is 32.2. The summed E-state index contributed by atoms with van der Waals surface area (Å²) < 4.78 is 0. The van der Waals surface area contributed by atoms with Crippen LogP contribution in [0.5, 0.6) is 0 Å². The standard InChI is InChI=1S/C21H23N3OS2/c1-14-7-3-4-8-15(14)11-24(2)18(25)12-26-20-19-16-9-5-6-10-17(16)27-21(19)23-13-22-20/h3-4,7-8,13H,5-6,9-12H2,1-2H3. The Hall–Kier alpha value is -1.92. The number of carbonyl (C=O) groups is 1. The van der Waals surface area contributed by atoms with Gasteiger partial charge in [0.2, 0.25) is 5.91 Å². The third-order valence-corrected chi connectivity index (χ3v) is 7.32. The second kappa shape index (κ2) is 7.98. The minimum Gasteiger partial charge on any atom is -0.341 e. The summed E-state index contributed by atoms with van der Waals surface area (Å²) in [5, 5.41) is 2.15. The molecule has 1 aromatic carbocycles. The van der Waals surface area contributed by atoms with Gasteiger partial charge in [-0.2, -0.15) is 0 Å². The molecule has 0 aliphatic heterocycles. The van der Waals surface area contributed by atoms with Crippen molar-refractivity contribution in [3.05, 3.63) is 52.2 Å². The lowest BCUT2D eigenvalue weighted by Crippen LogP contribution is -2.28. The smallest absolute Gasteiger partial charge is 0.233 e. The van der Waals surface area contributed by atoms with Crippen molar-refractivity contribution in [2.24, 2.45) is 0 Å². The summed E-state index contributed by atoms with van der Waals surface area (Å²) in [5.41, 5.74) is 3.83. The van der Waals surface area contributed by atoms with E-state index in [1.165, 1.54) is 39.8 Å². The maximum atomic E-state index is 12.7. The SMILES string of the molecule is Cc1ccccc1CN(C)C(=O)CSc1ncnc2sc3c(c12)CCCC3. The van der Waals surface area contributed by atoms with E-state index in [-0.39, 0.29) is 5.91 Å². The monoisotopic (exact) mass is 397 g/mol. The van der Waals surface area contributed by atoms with Gasteiger partial charge in [0, 0.05) is 23.9 Å². The molecule has 0 N–H and O–H groups in total.